The molecule has 3 N–H and O–H groups in total. The monoisotopic (exact) mass is 254 g/mol. The van der Waals surface area contributed by atoms with Crippen molar-refractivity contribution in [2.45, 2.75) is 33.6 Å². The third kappa shape index (κ3) is 5.27. The van der Waals surface area contributed by atoms with Gasteiger partial charge < -0.3 is 15.6 Å². The first-order valence-corrected chi connectivity index (χ1v) is 6.15. The molecular formula is C12H22N4O2. The second-order valence-electron chi connectivity index (χ2n) is 5.57. The Bertz CT molecular complexity index is 357. The lowest BCUT2D eigenvalue weighted by Crippen LogP contribution is -2.38. The zero-order valence-electron chi connectivity index (χ0n) is 11.3. The minimum atomic E-state index is -0.146. The number of hydrogen-bond donors (Lipinski definition) is 2. The maximum atomic E-state index is 11.9. The summed E-state index contributed by atoms with van der Waals surface area (Å²) in [6.45, 7) is 7.15. The second kappa shape index (κ2) is 6.49. The number of amides is 1. The third-order valence-electron chi connectivity index (χ3n) is 2.56. The van der Waals surface area contributed by atoms with Crippen molar-refractivity contribution in [2.75, 3.05) is 13.1 Å². The minimum absolute atomic E-state index is 0.00746. The first kappa shape index (κ1) is 14.6. The Kier molecular flexibility index (Phi) is 5.27. The maximum absolute atomic E-state index is 11.9. The average molecular weight is 254 g/mol. The van der Waals surface area contributed by atoms with Crippen LogP contribution in [0.25, 0.3) is 0 Å². The number of carbonyl (C=O) groups excluding carboxylic acids is 1. The summed E-state index contributed by atoms with van der Waals surface area (Å²) >= 11 is 0. The number of nitrogens with two attached hydrogens (primary N) is 1. The Labute approximate surface area is 107 Å². The Morgan fingerprint density at radius 2 is 2.28 bits per heavy atom. The van der Waals surface area contributed by atoms with Crippen LogP contribution in [0.15, 0.2) is 10.9 Å². The molecule has 18 heavy (non-hydrogen) atoms. The Morgan fingerprint density at radius 3 is 2.78 bits per heavy atom. The summed E-state index contributed by atoms with van der Waals surface area (Å²) in [7, 11) is 0. The van der Waals surface area contributed by atoms with Crippen molar-refractivity contribution in [3.8, 4) is 0 Å². The lowest BCUT2D eigenvalue weighted by molar-refractivity contribution is -0.125. The van der Waals surface area contributed by atoms with Gasteiger partial charge in [-0.15, -0.1) is 0 Å². The SMILES string of the molecule is CC(C)(C)CC(CN)C(=O)NCCc1ncno1. The molecule has 1 heterocycles. The van der Waals surface area contributed by atoms with Crippen molar-refractivity contribution >= 4 is 5.91 Å². The zero-order chi connectivity index (χ0) is 13.6. The lowest BCUT2D eigenvalue weighted by Gasteiger charge is -2.24. The quantitative estimate of drug-likeness (QED) is 0.780. The van der Waals surface area contributed by atoms with E-state index in [4.69, 9.17) is 10.3 Å². The van der Waals surface area contributed by atoms with E-state index in [-0.39, 0.29) is 17.2 Å². The summed E-state index contributed by atoms with van der Waals surface area (Å²) in [5, 5.41) is 6.35. The number of hydrogen-bond acceptors (Lipinski definition) is 5. The van der Waals surface area contributed by atoms with Gasteiger partial charge in [0.05, 0.1) is 5.92 Å². The number of carbonyl (C=O) groups is 1. The molecule has 1 rings (SSSR count). The topological polar surface area (TPSA) is 94.0 Å². The molecule has 1 atom stereocenters. The van der Waals surface area contributed by atoms with Crippen molar-refractivity contribution in [2.24, 2.45) is 17.1 Å². The van der Waals surface area contributed by atoms with E-state index in [1.54, 1.807) is 0 Å². The number of nitrogens with zero attached hydrogens (tertiary/aromatic N) is 2. The predicted molar refractivity (Wildman–Crippen MR) is 67.6 cm³/mol. The first-order valence-electron chi connectivity index (χ1n) is 6.15. The van der Waals surface area contributed by atoms with Crippen LogP contribution in [0.2, 0.25) is 0 Å². The molecule has 0 saturated carbocycles. The van der Waals surface area contributed by atoms with Gasteiger partial charge in [-0.2, -0.15) is 4.98 Å². The second-order valence-corrected chi connectivity index (χ2v) is 5.57. The van der Waals surface area contributed by atoms with E-state index in [1.807, 2.05) is 0 Å². The molecule has 1 aromatic rings. The van der Waals surface area contributed by atoms with Gasteiger partial charge in [0.1, 0.15) is 0 Å². The largest absolute Gasteiger partial charge is 0.355 e. The molecule has 0 bridgehead atoms. The standard InChI is InChI=1S/C12H22N4O2/c1-12(2,3)6-9(7-13)11(17)14-5-4-10-15-8-16-18-10/h8-9H,4-7,13H2,1-3H3,(H,14,17). The molecule has 0 aliphatic rings. The summed E-state index contributed by atoms with van der Waals surface area (Å²) in [5.41, 5.74) is 5.74. The van der Waals surface area contributed by atoms with E-state index in [0.717, 1.165) is 6.42 Å². The van der Waals surface area contributed by atoms with Crippen molar-refractivity contribution in [1.82, 2.24) is 15.5 Å². The smallest absolute Gasteiger partial charge is 0.228 e. The summed E-state index contributed by atoms with van der Waals surface area (Å²) < 4.78 is 4.85. The number of nitrogens with one attached hydrogen (secondary N) is 1. The highest BCUT2D eigenvalue weighted by Gasteiger charge is 2.23. The summed E-state index contributed by atoms with van der Waals surface area (Å²) in [5.74, 6) is 0.370. The van der Waals surface area contributed by atoms with Gasteiger partial charge in [0, 0.05) is 19.5 Å². The number of aromatic nitrogens is 2. The molecule has 6 heteroatoms. The van der Waals surface area contributed by atoms with Gasteiger partial charge in [0.15, 0.2) is 6.33 Å². The lowest BCUT2D eigenvalue weighted by atomic mass is 9.84. The fourth-order valence-electron chi connectivity index (χ4n) is 1.77. The van der Waals surface area contributed by atoms with Crippen LogP contribution in [0, 0.1) is 11.3 Å². The molecule has 0 aromatic carbocycles. The number of rotatable bonds is 6. The van der Waals surface area contributed by atoms with Crippen LogP contribution >= 0.6 is 0 Å². The van der Waals surface area contributed by atoms with Crippen molar-refractivity contribution in [1.29, 1.82) is 0 Å². The molecule has 0 fully saturated rings. The highest BCUT2D eigenvalue weighted by Crippen LogP contribution is 2.23. The molecule has 0 aliphatic heterocycles. The van der Waals surface area contributed by atoms with Crippen LogP contribution in [-0.2, 0) is 11.2 Å². The van der Waals surface area contributed by atoms with Crippen LogP contribution < -0.4 is 11.1 Å². The molecule has 1 aromatic heterocycles. The van der Waals surface area contributed by atoms with Gasteiger partial charge >= 0.3 is 0 Å². The van der Waals surface area contributed by atoms with Gasteiger partial charge in [-0.3, -0.25) is 4.79 Å². The molecule has 102 valence electrons. The van der Waals surface area contributed by atoms with Crippen LogP contribution in [0.5, 0.6) is 0 Å². The van der Waals surface area contributed by atoms with Gasteiger partial charge in [0.25, 0.3) is 0 Å². The molecule has 0 saturated heterocycles. The van der Waals surface area contributed by atoms with E-state index < -0.39 is 0 Å². The van der Waals surface area contributed by atoms with E-state index >= 15 is 0 Å². The fourth-order valence-corrected chi connectivity index (χ4v) is 1.77. The molecule has 1 amide bonds. The van der Waals surface area contributed by atoms with Gasteiger partial charge in [-0.05, 0) is 11.8 Å². The third-order valence-corrected chi connectivity index (χ3v) is 2.56. The first-order chi connectivity index (χ1) is 8.42. The van der Waals surface area contributed by atoms with Crippen LogP contribution in [-0.4, -0.2) is 29.1 Å². The average Bonchev–Trinajstić information content (AvgIpc) is 2.77. The van der Waals surface area contributed by atoms with Gasteiger partial charge in [-0.1, -0.05) is 25.9 Å². The normalized spacial score (nSPS) is 13.3. The molecule has 1 unspecified atom stereocenters. The van der Waals surface area contributed by atoms with E-state index in [2.05, 4.69) is 36.2 Å². The molecule has 0 spiro atoms. The van der Waals surface area contributed by atoms with Gasteiger partial charge in [-0.25, -0.2) is 0 Å². The maximum Gasteiger partial charge on any atom is 0.228 e. The van der Waals surface area contributed by atoms with Crippen molar-refractivity contribution in [3.05, 3.63) is 12.2 Å². The molecule has 0 radical (unpaired) electrons. The van der Waals surface area contributed by atoms with E-state index in [0.29, 0.717) is 25.4 Å². The van der Waals surface area contributed by atoms with E-state index in [9.17, 15) is 4.79 Å². The minimum Gasteiger partial charge on any atom is -0.355 e. The van der Waals surface area contributed by atoms with Gasteiger partial charge in [0.2, 0.25) is 11.8 Å². The van der Waals surface area contributed by atoms with Crippen LogP contribution in [0.4, 0.5) is 0 Å². The highest BCUT2D eigenvalue weighted by molar-refractivity contribution is 5.78. The fraction of sp³-hybridized carbons (Fsp3) is 0.750. The highest BCUT2D eigenvalue weighted by atomic mass is 16.5. The Hall–Kier alpha value is -1.43. The van der Waals surface area contributed by atoms with Crippen LogP contribution in [0.3, 0.4) is 0 Å². The van der Waals surface area contributed by atoms with Crippen molar-refractivity contribution < 1.29 is 9.32 Å². The van der Waals surface area contributed by atoms with E-state index in [1.165, 1.54) is 6.33 Å². The Morgan fingerprint density at radius 1 is 1.56 bits per heavy atom. The molecule has 0 aliphatic carbocycles. The van der Waals surface area contributed by atoms with Crippen LogP contribution in [0.1, 0.15) is 33.1 Å². The predicted octanol–water partition coefficient (Wildman–Crippen LogP) is 0.739. The summed E-state index contributed by atoms with van der Waals surface area (Å²) in [4.78, 5) is 15.8. The Balaban J connectivity index is 2.33. The summed E-state index contributed by atoms with van der Waals surface area (Å²) in [6, 6.07) is 0. The molecule has 6 nitrogen and oxygen atoms in total. The molecular weight excluding hydrogens is 232 g/mol. The summed E-state index contributed by atoms with van der Waals surface area (Å²) in [6.07, 6.45) is 2.66. The zero-order valence-corrected chi connectivity index (χ0v) is 11.3. The van der Waals surface area contributed by atoms with Crippen molar-refractivity contribution in [3.63, 3.8) is 0 Å².